The third-order valence-corrected chi connectivity index (χ3v) is 3.83. The molecule has 0 aliphatic carbocycles. The van der Waals surface area contributed by atoms with Gasteiger partial charge in [0.25, 0.3) is 0 Å². The molecule has 3 heteroatoms. The summed E-state index contributed by atoms with van der Waals surface area (Å²) in [6.07, 6.45) is 5.42. The first-order valence-corrected chi connectivity index (χ1v) is 6.37. The Morgan fingerprint density at radius 3 is 3.06 bits per heavy atom. The van der Waals surface area contributed by atoms with Crippen molar-refractivity contribution in [1.82, 2.24) is 5.32 Å². The van der Waals surface area contributed by atoms with Gasteiger partial charge >= 0.3 is 0 Å². The Balaban J connectivity index is 2.06. The highest BCUT2D eigenvalue weighted by Crippen LogP contribution is 2.39. The number of ether oxygens (including phenoxy) is 1. The average Bonchev–Trinajstić information content (AvgIpc) is 2.68. The summed E-state index contributed by atoms with van der Waals surface area (Å²) in [4.78, 5) is 0. The molecule has 1 unspecified atom stereocenters. The third kappa shape index (κ3) is 1.59. The molecule has 1 fully saturated rings. The van der Waals surface area contributed by atoms with Gasteiger partial charge in [0.2, 0.25) is 0 Å². The van der Waals surface area contributed by atoms with Gasteiger partial charge in [0.1, 0.15) is 11.4 Å². The van der Waals surface area contributed by atoms with Crippen molar-refractivity contribution >= 4 is 22.0 Å². The summed E-state index contributed by atoms with van der Waals surface area (Å²) in [5.41, 5.74) is 2.30. The van der Waals surface area contributed by atoms with Crippen LogP contribution in [0.5, 0.6) is 5.75 Å². The molecule has 1 spiro atoms. The zero-order valence-corrected chi connectivity index (χ0v) is 10.8. The Kier molecular flexibility index (Phi) is 2.33. The van der Waals surface area contributed by atoms with E-state index in [-0.39, 0.29) is 5.60 Å². The lowest BCUT2D eigenvalue weighted by Crippen LogP contribution is -2.37. The first kappa shape index (κ1) is 10.4. The van der Waals surface area contributed by atoms with Crippen LogP contribution in [0.4, 0.5) is 0 Å². The van der Waals surface area contributed by atoms with Crippen molar-refractivity contribution in [3.8, 4) is 5.75 Å². The number of nitrogens with one attached hydrogen (secondary N) is 1. The van der Waals surface area contributed by atoms with Crippen molar-refractivity contribution in [2.24, 2.45) is 0 Å². The predicted octanol–water partition coefficient (Wildman–Crippen LogP) is 2.90. The Labute approximate surface area is 104 Å². The molecule has 1 N–H and O–H groups in total. The molecule has 84 valence electrons. The summed E-state index contributed by atoms with van der Waals surface area (Å²) in [5, 5.41) is 3.35. The van der Waals surface area contributed by atoms with Crippen molar-refractivity contribution in [2.75, 3.05) is 13.1 Å². The largest absolute Gasteiger partial charge is 0.480 e. The minimum atomic E-state index is -0.120. The first-order valence-electron chi connectivity index (χ1n) is 5.58. The molecule has 0 bridgehead atoms. The topological polar surface area (TPSA) is 21.3 Å². The molecule has 1 saturated heterocycles. The predicted molar refractivity (Wildman–Crippen MR) is 68.8 cm³/mol. The van der Waals surface area contributed by atoms with Gasteiger partial charge in [-0.3, -0.25) is 0 Å². The summed E-state index contributed by atoms with van der Waals surface area (Å²) in [7, 11) is 0. The van der Waals surface area contributed by atoms with Gasteiger partial charge in [0.15, 0.2) is 0 Å². The number of fused-ring (bicyclic) bond motifs is 1. The molecular formula is C13H14BrNO. The minimum absolute atomic E-state index is 0.120. The molecule has 2 aliphatic heterocycles. The van der Waals surface area contributed by atoms with Crippen molar-refractivity contribution in [2.45, 2.75) is 18.9 Å². The van der Waals surface area contributed by atoms with Crippen LogP contribution >= 0.6 is 15.9 Å². The lowest BCUT2D eigenvalue weighted by Gasteiger charge is -2.31. The van der Waals surface area contributed by atoms with Gasteiger partial charge in [0, 0.05) is 18.5 Å². The normalized spacial score (nSPS) is 26.9. The molecule has 1 aromatic rings. The highest BCUT2D eigenvalue weighted by atomic mass is 79.9. The SMILES string of the molecule is Cc1cc(Br)c2c(c1)C=CC1(CCNC1)O2. The van der Waals surface area contributed by atoms with E-state index >= 15 is 0 Å². The maximum atomic E-state index is 6.17. The van der Waals surface area contributed by atoms with Crippen LogP contribution in [0.1, 0.15) is 17.5 Å². The minimum Gasteiger partial charge on any atom is -0.480 e. The lowest BCUT2D eigenvalue weighted by molar-refractivity contribution is 0.138. The molecule has 1 aromatic carbocycles. The molecule has 0 aromatic heterocycles. The fourth-order valence-corrected chi connectivity index (χ4v) is 3.05. The third-order valence-electron chi connectivity index (χ3n) is 3.24. The van der Waals surface area contributed by atoms with Crippen molar-refractivity contribution in [3.63, 3.8) is 0 Å². The van der Waals surface area contributed by atoms with Gasteiger partial charge < -0.3 is 10.1 Å². The number of hydrogen-bond donors (Lipinski definition) is 1. The smallest absolute Gasteiger partial charge is 0.142 e. The summed E-state index contributed by atoms with van der Waals surface area (Å²) >= 11 is 3.58. The van der Waals surface area contributed by atoms with Crippen molar-refractivity contribution in [3.05, 3.63) is 33.8 Å². The highest BCUT2D eigenvalue weighted by Gasteiger charge is 2.36. The van der Waals surface area contributed by atoms with E-state index in [0.717, 1.165) is 29.7 Å². The molecule has 2 nitrogen and oxygen atoms in total. The van der Waals surface area contributed by atoms with Crippen LogP contribution in [0.25, 0.3) is 6.08 Å². The van der Waals surface area contributed by atoms with Crippen LogP contribution in [0.2, 0.25) is 0 Å². The van der Waals surface area contributed by atoms with Gasteiger partial charge in [-0.1, -0.05) is 6.08 Å². The fourth-order valence-electron chi connectivity index (χ4n) is 2.38. The van der Waals surface area contributed by atoms with E-state index in [9.17, 15) is 0 Å². The first-order chi connectivity index (χ1) is 7.69. The Morgan fingerprint density at radius 1 is 1.44 bits per heavy atom. The number of benzene rings is 1. The Hall–Kier alpha value is -0.800. The molecule has 0 radical (unpaired) electrons. The van der Waals surface area contributed by atoms with Crippen LogP contribution in [0.3, 0.4) is 0 Å². The second-order valence-electron chi connectivity index (χ2n) is 4.59. The molecule has 0 amide bonds. The van der Waals surface area contributed by atoms with E-state index in [1.165, 1.54) is 11.1 Å². The molecular weight excluding hydrogens is 266 g/mol. The van der Waals surface area contributed by atoms with Gasteiger partial charge in [-0.05, 0) is 53.2 Å². The van der Waals surface area contributed by atoms with Crippen LogP contribution in [0, 0.1) is 6.92 Å². The van der Waals surface area contributed by atoms with Gasteiger partial charge in [-0.15, -0.1) is 0 Å². The Morgan fingerprint density at radius 2 is 2.31 bits per heavy atom. The van der Waals surface area contributed by atoms with E-state index in [1.807, 2.05) is 0 Å². The van der Waals surface area contributed by atoms with Crippen LogP contribution in [-0.2, 0) is 0 Å². The van der Waals surface area contributed by atoms with Gasteiger partial charge in [0.05, 0.1) is 4.47 Å². The van der Waals surface area contributed by atoms with E-state index in [0.29, 0.717) is 0 Å². The number of aryl methyl sites for hydroxylation is 1. The summed E-state index contributed by atoms with van der Waals surface area (Å²) in [6, 6.07) is 4.26. The second kappa shape index (κ2) is 3.60. The van der Waals surface area contributed by atoms with Gasteiger partial charge in [-0.25, -0.2) is 0 Å². The fraction of sp³-hybridized carbons (Fsp3) is 0.385. The molecule has 16 heavy (non-hydrogen) atoms. The molecule has 2 aliphatic rings. The summed E-state index contributed by atoms with van der Waals surface area (Å²) < 4.78 is 7.22. The lowest BCUT2D eigenvalue weighted by atomic mass is 9.97. The second-order valence-corrected chi connectivity index (χ2v) is 5.45. The maximum absolute atomic E-state index is 6.17. The number of hydrogen-bond acceptors (Lipinski definition) is 2. The Bertz CT molecular complexity index is 461. The molecule has 1 atom stereocenters. The van der Waals surface area contributed by atoms with Crippen LogP contribution in [-0.4, -0.2) is 18.7 Å². The monoisotopic (exact) mass is 279 g/mol. The average molecular weight is 280 g/mol. The number of rotatable bonds is 0. The number of halogens is 1. The summed E-state index contributed by atoms with van der Waals surface area (Å²) in [5.74, 6) is 0.983. The van der Waals surface area contributed by atoms with Crippen molar-refractivity contribution in [1.29, 1.82) is 0 Å². The van der Waals surface area contributed by atoms with Crippen LogP contribution < -0.4 is 10.1 Å². The quantitative estimate of drug-likeness (QED) is 0.789. The molecule has 2 heterocycles. The zero-order chi connectivity index (χ0) is 11.2. The van der Waals surface area contributed by atoms with E-state index in [1.54, 1.807) is 0 Å². The van der Waals surface area contributed by atoms with Gasteiger partial charge in [-0.2, -0.15) is 0 Å². The van der Waals surface area contributed by atoms with E-state index in [4.69, 9.17) is 4.74 Å². The highest BCUT2D eigenvalue weighted by molar-refractivity contribution is 9.10. The molecule has 0 saturated carbocycles. The molecule has 3 rings (SSSR count). The summed E-state index contributed by atoms with van der Waals surface area (Å²) in [6.45, 7) is 4.03. The van der Waals surface area contributed by atoms with Crippen molar-refractivity contribution < 1.29 is 4.74 Å². The van der Waals surface area contributed by atoms with E-state index in [2.05, 4.69) is 52.5 Å². The standard InChI is InChI=1S/C13H14BrNO/c1-9-6-10-2-3-13(4-5-15-8-13)16-12(10)11(14)7-9/h2-3,6-7,15H,4-5,8H2,1H3. The van der Waals surface area contributed by atoms with E-state index < -0.39 is 0 Å². The zero-order valence-electron chi connectivity index (χ0n) is 9.22. The maximum Gasteiger partial charge on any atom is 0.142 e. The van der Waals surface area contributed by atoms with Crippen LogP contribution in [0.15, 0.2) is 22.7 Å².